The lowest BCUT2D eigenvalue weighted by Gasteiger charge is -2.11. The molecule has 0 aliphatic carbocycles. The van der Waals surface area contributed by atoms with Gasteiger partial charge in [0.15, 0.2) is 0 Å². The molecular formula is C9H12N2O2. The van der Waals surface area contributed by atoms with Gasteiger partial charge in [0, 0.05) is 5.69 Å². The highest BCUT2D eigenvalue weighted by Crippen LogP contribution is 2.06. The molecule has 0 amide bonds. The van der Waals surface area contributed by atoms with Gasteiger partial charge in [-0.3, -0.25) is 0 Å². The minimum absolute atomic E-state index is 0.438. The Kier molecular flexibility index (Phi) is 3.28. The number of carbonyl (C=O) groups excluding carboxylic acids is 1. The van der Waals surface area contributed by atoms with E-state index >= 15 is 0 Å². The summed E-state index contributed by atoms with van der Waals surface area (Å²) in [6.07, 6.45) is 0. The highest BCUT2D eigenvalue weighted by Gasteiger charge is 2.12. The van der Waals surface area contributed by atoms with Gasteiger partial charge in [-0.25, -0.2) is 4.79 Å². The van der Waals surface area contributed by atoms with Crippen molar-refractivity contribution in [2.24, 2.45) is 5.90 Å². The van der Waals surface area contributed by atoms with Gasteiger partial charge in [0.05, 0.1) is 0 Å². The normalized spacial score (nSPS) is 11.8. The third kappa shape index (κ3) is 2.76. The summed E-state index contributed by atoms with van der Waals surface area (Å²) in [5.74, 6) is 4.25. The first kappa shape index (κ1) is 9.54. The Labute approximate surface area is 76.6 Å². The first-order valence-corrected chi connectivity index (χ1v) is 3.96. The molecule has 0 bridgehead atoms. The molecule has 0 radical (unpaired) electrons. The summed E-state index contributed by atoms with van der Waals surface area (Å²) >= 11 is 0. The third-order valence-electron chi connectivity index (χ3n) is 1.63. The van der Waals surface area contributed by atoms with Crippen molar-refractivity contribution in [3.8, 4) is 0 Å². The molecule has 70 valence electrons. The first-order valence-electron chi connectivity index (χ1n) is 3.96. The van der Waals surface area contributed by atoms with Gasteiger partial charge in [-0.2, -0.15) is 5.90 Å². The van der Waals surface area contributed by atoms with Crippen LogP contribution in [-0.4, -0.2) is 12.0 Å². The largest absolute Gasteiger partial charge is 0.372 e. The van der Waals surface area contributed by atoms with Gasteiger partial charge in [0.25, 0.3) is 0 Å². The van der Waals surface area contributed by atoms with Crippen LogP contribution in [0.2, 0.25) is 0 Å². The highest BCUT2D eigenvalue weighted by atomic mass is 16.7. The number of para-hydroxylation sites is 1. The van der Waals surface area contributed by atoms with E-state index in [1.807, 2.05) is 30.3 Å². The second-order valence-electron chi connectivity index (χ2n) is 2.67. The maximum Gasteiger partial charge on any atom is 0.346 e. The Bertz CT molecular complexity index is 274. The molecule has 0 heterocycles. The van der Waals surface area contributed by atoms with E-state index in [1.165, 1.54) is 0 Å². The maximum atomic E-state index is 10.9. The number of hydrogen-bond donors (Lipinski definition) is 2. The van der Waals surface area contributed by atoms with E-state index in [0.29, 0.717) is 0 Å². The van der Waals surface area contributed by atoms with Crippen LogP contribution in [0.4, 0.5) is 5.69 Å². The minimum atomic E-state index is -0.483. The van der Waals surface area contributed by atoms with Crippen LogP contribution in [0.25, 0.3) is 0 Å². The van der Waals surface area contributed by atoms with Gasteiger partial charge < -0.3 is 10.2 Å². The Morgan fingerprint density at radius 1 is 1.46 bits per heavy atom. The molecule has 0 aliphatic heterocycles. The van der Waals surface area contributed by atoms with Gasteiger partial charge in [-0.05, 0) is 19.1 Å². The lowest BCUT2D eigenvalue weighted by molar-refractivity contribution is -0.144. The molecule has 4 heteroatoms. The van der Waals surface area contributed by atoms with E-state index in [0.717, 1.165) is 5.69 Å². The average Bonchev–Trinajstić information content (AvgIpc) is 2.18. The summed E-state index contributed by atoms with van der Waals surface area (Å²) in [7, 11) is 0. The van der Waals surface area contributed by atoms with E-state index in [9.17, 15) is 4.79 Å². The molecule has 0 saturated heterocycles. The van der Waals surface area contributed by atoms with Gasteiger partial charge in [-0.15, -0.1) is 0 Å². The predicted molar refractivity (Wildman–Crippen MR) is 49.8 cm³/mol. The number of anilines is 1. The van der Waals surface area contributed by atoms with Crippen molar-refractivity contribution >= 4 is 11.7 Å². The van der Waals surface area contributed by atoms with Crippen molar-refractivity contribution in [3.05, 3.63) is 30.3 Å². The van der Waals surface area contributed by atoms with Crippen molar-refractivity contribution in [1.29, 1.82) is 0 Å². The zero-order valence-electron chi connectivity index (χ0n) is 7.36. The van der Waals surface area contributed by atoms with Crippen LogP contribution in [0.1, 0.15) is 6.92 Å². The maximum absolute atomic E-state index is 10.9. The highest BCUT2D eigenvalue weighted by molar-refractivity contribution is 5.78. The Balaban J connectivity index is 2.55. The fourth-order valence-electron chi connectivity index (χ4n) is 0.945. The summed E-state index contributed by atoms with van der Waals surface area (Å²) in [4.78, 5) is 15.0. The zero-order chi connectivity index (χ0) is 9.68. The van der Waals surface area contributed by atoms with Gasteiger partial charge >= 0.3 is 5.97 Å². The zero-order valence-corrected chi connectivity index (χ0v) is 7.36. The molecule has 0 spiro atoms. The lowest BCUT2D eigenvalue weighted by Crippen LogP contribution is -2.29. The Morgan fingerprint density at radius 3 is 2.62 bits per heavy atom. The second-order valence-corrected chi connectivity index (χ2v) is 2.67. The van der Waals surface area contributed by atoms with Crippen LogP contribution in [-0.2, 0) is 9.63 Å². The van der Waals surface area contributed by atoms with Crippen molar-refractivity contribution in [2.45, 2.75) is 13.0 Å². The molecule has 0 aromatic heterocycles. The van der Waals surface area contributed by atoms with Crippen LogP contribution in [0.15, 0.2) is 30.3 Å². The summed E-state index contributed by atoms with van der Waals surface area (Å²) in [6, 6.07) is 8.94. The third-order valence-corrected chi connectivity index (χ3v) is 1.63. The fourth-order valence-corrected chi connectivity index (χ4v) is 0.945. The SMILES string of the molecule is C[C@H](Nc1ccccc1)C(=O)ON. The molecular weight excluding hydrogens is 168 g/mol. The average molecular weight is 180 g/mol. The molecule has 1 aromatic carbocycles. The smallest absolute Gasteiger partial charge is 0.346 e. The van der Waals surface area contributed by atoms with E-state index in [-0.39, 0.29) is 0 Å². The van der Waals surface area contributed by atoms with E-state index in [1.54, 1.807) is 6.92 Å². The minimum Gasteiger partial charge on any atom is -0.372 e. The summed E-state index contributed by atoms with van der Waals surface area (Å²) in [6.45, 7) is 1.68. The van der Waals surface area contributed by atoms with E-state index < -0.39 is 12.0 Å². The number of nitrogens with one attached hydrogen (secondary N) is 1. The van der Waals surface area contributed by atoms with Gasteiger partial charge in [0.1, 0.15) is 6.04 Å². The Morgan fingerprint density at radius 2 is 2.08 bits per heavy atom. The van der Waals surface area contributed by atoms with Crippen LogP contribution < -0.4 is 11.2 Å². The molecule has 13 heavy (non-hydrogen) atoms. The molecule has 1 atom stereocenters. The molecule has 0 saturated carbocycles. The van der Waals surface area contributed by atoms with Gasteiger partial charge in [0.2, 0.25) is 0 Å². The first-order chi connectivity index (χ1) is 6.24. The quantitative estimate of drug-likeness (QED) is 0.678. The lowest BCUT2D eigenvalue weighted by atomic mass is 10.3. The summed E-state index contributed by atoms with van der Waals surface area (Å²) < 4.78 is 0. The van der Waals surface area contributed by atoms with Crippen LogP contribution in [0.3, 0.4) is 0 Å². The second kappa shape index (κ2) is 4.47. The number of benzene rings is 1. The molecule has 0 fully saturated rings. The standard InChI is InChI=1S/C9H12N2O2/c1-7(9(12)13-10)11-8-5-3-2-4-6-8/h2-7,11H,10H2,1H3/t7-/m0/s1. The molecule has 1 rings (SSSR count). The molecule has 0 unspecified atom stereocenters. The van der Waals surface area contributed by atoms with Crippen LogP contribution in [0.5, 0.6) is 0 Å². The molecule has 1 aromatic rings. The monoisotopic (exact) mass is 180 g/mol. The summed E-state index contributed by atoms with van der Waals surface area (Å²) in [5.41, 5.74) is 0.861. The number of rotatable bonds is 3. The van der Waals surface area contributed by atoms with Gasteiger partial charge in [-0.1, -0.05) is 18.2 Å². The van der Waals surface area contributed by atoms with Crippen LogP contribution in [0, 0.1) is 0 Å². The van der Waals surface area contributed by atoms with Crippen molar-refractivity contribution in [2.75, 3.05) is 5.32 Å². The molecule has 0 aliphatic rings. The topological polar surface area (TPSA) is 64.3 Å². The summed E-state index contributed by atoms with van der Waals surface area (Å²) in [5, 5.41) is 2.94. The fraction of sp³-hybridized carbons (Fsp3) is 0.222. The van der Waals surface area contributed by atoms with Crippen LogP contribution >= 0.6 is 0 Å². The van der Waals surface area contributed by atoms with Crippen molar-refractivity contribution in [1.82, 2.24) is 0 Å². The molecule has 4 nitrogen and oxygen atoms in total. The predicted octanol–water partition coefficient (Wildman–Crippen LogP) is 0.904. The molecule has 3 N–H and O–H groups in total. The van der Waals surface area contributed by atoms with Crippen molar-refractivity contribution < 1.29 is 9.63 Å². The van der Waals surface area contributed by atoms with E-state index in [4.69, 9.17) is 5.90 Å². The number of carbonyl (C=O) groups is 1. The number of nitrogens with two attached hydrogens (primary N) is 1. The van der Waals surface area contributed by atoms with E-state index in [2.05, 4.69) is 10.2 Å². The van der Waals surface area contributed by atoms with Crippen molar-refractivity contribution in [3.63, 3.8) is 0 Å². The Hall–Kier alpha value is -1.55. The number of hydrogen-bond acceptors (Lipinski definition) is 4.